The fourth-order valence-corrected chi connectivity index (χ4v) is 7.97. The van der Waals surface area contributed by atoms with Gasteiger partial charge >= 0.3 is 0 Å². The van der Waals surface area contributed by atoms with Gasteiger partial charge in [-0.2, -0.15) is 0 Å². The zero-order valence-corrected chi connectivity index (χ0v) is 34.7. The number of allylic oxidation sites excluding steroid dienone is 2. The molecule has 6 heteroatoms. The van der Waals surface area contributed by atoms with Crippen molar-refractivity contribution in [3.63, 3.8) is 0 Å². The van der Waals surface area contributed by atoms with Crippen LogP contribution in [0.15, 0.2) is 24.5 Å². The summed E-state index contributed by atoms with van der Waals surface area (Å²) < 4.78 is 2.16. The molecule has 2 rings (SSSR count). The third-order valence-electron chi connectivity index (χ3n) is 11.4. The number of rotatable bonds is 33. The molecule has 0 spiro atoms. The van der Waals surface area contributed by atoms with E-state index in [4.69, 9.17) is 0 Å². The molecule has 0 saturated heterocycles. The topological polar surface area (TPSA) is 67.2 Å². The second-order valence-electron chi connectivity index (χ2n) is 16.1. The highest BCUT2D eigenvalue weighted by atomic mass is 16.2. The number of amides is 2. The van der Waals surface area contributed by atoms with Gasteiger partial charge in [0.1, 0.15) is 11.9 Å². The predicted molar refractivity (Wildman–Crippen MR) is 223 cm³/mol. The van der Waals surface area contributed by atoms with Crippen LogP contribution in [-0.4, -0.2) is 44.9 Å². The first-order valence-electron chi connectivity index (χ1n) is 22.8. The normalized spacial score (nSPS) is 14.5. The average molecular weight is 725 g/mol. The fourth-order valence-electron chi connectivity index (χ4n) is 7.97. The molecule has 1 aliphatic rings. The number of aromatic nitrogens is 2. The van der Waals surface area contributed by atoms with E-state index in [0.717, 1.165) is 63.7 Å². The van der Waals surface area contributed by atoms with E-state index in [0.29, 0.717) is 13.0 Å². The molecule has 0 aliphatic heterocycles. The molecule has 0 aromatic carbocycles. The number of nitrogens with one attached hydrogen (secondary N) is 1. The van der Waals surface area contributed by atoms with Crippen molar-refractivity contribution in [2.45, 2.75) is 245 Å². The Labute approximate surface area is 322 Å². The number of carbonyl (C=O) groups is 2. The summed E-state index contributed by atoms with van der Waals surface area (Å²) in [5, 5.41) is 3.46. The van der Waals surface area contributed by atoms with E-state index < -0.39 is 0 Å². The highest BCUT2D eigenvalue weighted by Crippen LogP contribution is 2.21. The van der Waals surface area contributed by atoms with E-state index in [9.17, 15) is 9.59 Å². The standard InChI is InChI=1S/C46H84N4O2/c1-4-6-8-10-12-14-16-17-18-19-20-22-24-26-32-37-45(51)50(40-33-39-49-41-38-47-42(49)3)44(46(52)48-43-34-29-27-28-30-35-43)36-31-25-23-21-15-13-11-9-7-5-2/h17-18,38,41,43-44H,4-16,19-37,39-40H2,1-3H3,(H,48,52)/b18-17-. The predicted octanol–water partition coefficient (Wildman–Crippen LogP) is 13.0. The summed E-state index contributed by atoms with van der Waals surface area (Å²) >= 11 is 0. The molecule has 1 saturated carbocycles. The first-order valence-corrected chi connectivity index (χ1v) is 22.8. The van der Waals surface area contributed by atoms with Crippen molar-refractivity contribution in [3.05, 3.63) is 30.4 Å². The molecular formula is C46H84N4O2. The van der Waals surface area contributed by atoms with Gasteiger partial charge in [0.25, 0.3) is 0 Å². The smallest absolute Gasteiger partial charge is 0.243 e. The van der Waals surface area contributed by atoms with Crippen molar-refractivity contribution in [2.24, 2.45) is 0 Å². The number of unbranched alkanes of at least 4 members (excludes halogenated alkanes) is 20. The van der Waals surface area contributed by atoms with Crippen LogP contribution in [0.1, 0.15) is 225 Å². The Balaban J connectivity index is 1.89. The lowest BCUT2D eigenvalue weighted by atomic mass is 10.0. The Bertz CT molecular complexity index is 1010. The molecule has 1 aromatic heterocycles. The van der Waals surface area contributed by atoms with E-state index >= 15 is 0 Å². The zero-order chi connectivity index (χ0) is 37.3. The first kappa shape index (κ1) is 46.0. The third-order valence-corrected chi connectivity index (χ3v) is 11.4. The minimum absolute atomic E-state index is 0.0968. The number of nitrogens with zero attached hydrogens (tertiary/aromatic N) is 3. The van der Waals surface area contributed by atoms with Crippen molar-refractivity contribution in [2.75, 3.05) is 6.54 Å². The quantitative estimate of drug-likeness (QED) is 0.0446. The van der Waals surface area contributed by atoms with Crippen LogP contribution >= 0.6 is 0 Å². The summed E-state index contributed by atoms with van der Waals surface area (Å²) in [7, 11) is 0. The van der Waals surface area contributed by atoms with Crippen molar-refractivity contribution in [1.82, 2.24) is 19.8 Å². The Kier molecular flexibility index (Phi) is 28.6. The Morgan fingerprint density at radius 2 is 1.25 bits per heavy atom. The van der Waals surface area contributed by atoms with Crippen LogP contribution in [0, 0.1) is 6.92 Å². The number of carbonyl (C=O) groups excluding carboxylic acids is 2. The van der Waals surface area contributed by atoms with E-state index in [1.54, 1.807) is 0 Å². The molecule has 1 unspecified atom stereocenters. The molecule has 1 atom stereocenters. The summed E-state index contributed by atoms with van der Waals surface area (Å²) in [6.07, 6.45) is 46.8. The van der Waals surface area contributed by atoms with E-state index in [1.807, 2.05) is 24.2 Å². The number of hydrogen-bond acceptors (Lipinski definition) is 3. The van der Waals surface area contributed by atoms with Gasteiger partial charge in [0, 0.05) is 37.9 Å². The van der Waals surface area contributed by atoms with Gasteiger partial charge in [0.15, 0.2) is 0 Å². The lowest BCUT2D eigenvalue weighted by molar-refractivity contribution is -0.141. The van der Waals surface area contributed by atoms with Crippen LogP contribution in [0.3, 0.4) is 0 Å². The minimum atomic E-state index is -0.364. The molecule has 300 valence electrons. The van der Waals surface area contributed by atoms with Crippen LogP contribution in [0.4, 0.5) is 0 Å². The maximum absolute atomic E-state index is 14.1. The molecule has 1 aliphatic carbocycles. The van der Waals surface area contributed by atoms with Crippen LogP contribution < -0.4 is 5.32 Å². The largest absolute Gasteiger partial charge is 0.352 e. The Hall–Kier alpha value is -2.11. The van der Waals surface area contributed by atoms with Gasteiger partial charge in [-0.05, 0) is 64.7 Å². The molecule has 2 amide bonds. The molecule has 0 radical (unpaired) electrons. The molecule has 1 fully saturated rings. The minimum Gasteiger partial charge on any atom is -0.352 e. The molecule has 1 N–H and O–H groups in total. The summed E-state index contributed by atoms with van der Waals surface area (Å²) in [4.78, 5) is 34.5. The zero-order valence-electron chi connectivity index (χ0n) is 34.7. The maximum Gasteiger partial charge on any atom is 0.243 e. The third kappa shape index (κ3) is 22.8. The molecular weight excluding hydrogens is 641 g/mol. The van der Waals surface area contributed by atoms with Gasteiger partial charge < -0.3 is 14.8 Å². The van der Waals surface area contributed by atoms with Crippen molar-refractivity contribution < 1.29 is 9.59 Å². The summed E-state index contributed by atoms with van der Waals surface area (Å²) in [5.41, 5.74) is 0. The van der Waals surface area contributed by atoms with E-state index in [2.05, 4.69) is 40.9 Å². The molecule has 6 nitrogen and oxygen atoms in total. The number of hydrogen-bond donors (Lipinski definition) is 1. The van der Waals surface area contributed by atoms with Crippen molar-refractivity contribution in [3.8, 4) is 0 Å². The van der Waals surface area contributed by atoms with Crippen molar-refractivity contribution >= 4 is 11.8 Å². The first-order chi connectivity index (χ1) is 25.6. The SMILES string of the molecule is CCCCCCCC/C=C\CCCCCCCC(=O)N(CCCn1ccnc1C)C(CCCCCCCCCCCC)C(=O)NC1CCCCCC1. The Morgan fingerprint density at radius 3 is 1.79 bits per heavy atom. The lowest BCUT2D eigenvalue weighted by Crippen LogP contribution is -2.52. The lowest BCUT2D eigenvalue weighted by Gasteiger charge is -2.33. The number of aryl methyl sites for hydroxylation is 2. The number of imidazole rings is 1. The second-order valence-corrected chi connectivity index (χ2v) is 16.1. The molecule has 0 bridgehead atoms. The Morgan fingerprint density at radius 1 is 0.731 bits per heavy atom. The highest BCUT2D eigenvalue weighted by molar-refractivity contribution is 5.87. The van der Waals surface area contributed by atoms with Gasteiger partial charge in [-0.15, -0.1) is 0 Å². The van der Waals surface area contributed by atoms with Crippen LogP contribution in [0.2, 0.25) is 0 Å². The second kappa shape index (κ2) is 32.3. The maximum atomic E-state index is 14.1. The fraction of sp³-hybridized carbons (Fsp3) is 0.848. The summed E-state index contributed by atoms with van der Waals surface area (Å²) in [5.74, 6) is 1.27. The van der Waals surface area contributed by atoms with Crippen LogP contribution in [-0.2, 0) is 16.1 Å². The van der Waals surface area contributed by atoms with Gasteiger partial charge in [0.2, 0.25) is 11.8 Å². The van der Waals surface area contributed by atoms with Crippen molar-refractivity contribution in [1.29, 1.82) is 0 Å². The van der Waals surface area contributed by atoms with Gasteiger partial charge in [-0.25, -0.2) is 4.98 Å². The van der Waals surface area contributed by atoms with Gasteiger partial charge in [-0.3, -0.25) is 9.59 Å². The summed E-state index contributed by atoms with van der Waals surface area (Å²) in [6, 6.07) is -0.113. The van der Waals surface area contributed by atoms with Crippen LogP contribution in [0.5, 0.6) is 0 Å². The summed E-state index contributed by atoms with van der Waals surface area (Å²) in [6.45, 7) is 8.03. The van der Waals surface area contributed by atoms with E-state index in [1.165, 1.54) is 148 Å². The average Bonchev–Trinajstić information content (AvgIpc) is 3.38. The van der Waals surface area contributed by atoms with Gasteiger partial charge in [-0.1, -0.05) is 167 Å². The highest BCUT2D eigenvalue weighted by Gasteiger charge is 2.30. The molecule has 1 heterocycles. The van der Waals surface area contributed by atoms with E-state index in [-0.39, 0.29) is 23.9 Å². The van der Waals surface area contributed by atoms with Crippen LogP contribution in [0.25, 0.3) is 0 Å². The molecule has 1 aromatic rings. The molecule has 52 heavy (non-hydrogen) atoms. The van der Waals surface area contributed by atoms with Gasteiger partial charge in [0.05, 0.1) is 0 Å². The monoisotopic (exact) mass is 725 g/mol.